The van der Waals surface area contributed by atoms with Gasteiger partial charge in [-0.2, -0.15) is 0 Å². The molecule has 0 bridgehead atoms. The number of carbonyl (C=O) groups excluding carboxylic acids is 1. The fraction of sp³-hybridized carbons (Fsp3) is 0.947. The Morgan fingerprint density at radius 3 is 1.43 bits per heavy atom. The smallest absolute Gasteiger partial charge is 0.308 e. The van der Waals surface area contributed by atoms with Gasteiger partial charge in [-0.05, 0) is 26.3 Å². The Morgan fingerprint density at radius 2 is 1.07 bits per heavy atom. The largest absolute Gasteiger partial charge is 0.460 e. The average Bonchev–Trinajstić information content (AvgIpc) is 2.68. The molecule has 0 saturated carbocycles. The maximum Gasteiger partial charge on any atom is 0.308 e. The number of rotatable bonds is 21. The average molecular weight is 436 g/mol. The summed E-state index contributed by atoms with van der Waals surface area (Å²) >= 11 is 0. The summed E-state index contributed by atoms with van der Waals surface area (Å²) in [4.78, 5) is 14.1. The number of esters is 1. The third kappa shape index (κ3) is 24.6. The molecule has 0 heterocycles. The Labute approximate surface area is 178 Å². The molecule has 0 aromatic heterocycles. The first-order chi connectivity index (χ1) is 14.5. The summed E-state index contributed by atoms with van der Waals surface area (Å²) in [5, 5.41) is 3.36. The first-order valence-corrected chi connectivity index (χ1v) is 10.1. The zero-order chi connectivity index (χ0) is 22.3. The van der Waals surface area contributed by atoms with Gasteiger partial charge in [0.15, 0.2) is 0 Å². The zero-order valence-corrected chi connectivity index (χ0v) is 18.5. The highest BCUT2D eigenvalue weighted by molar-refractivity contribution is 5.69. The number of carbonyl (C=O) groups is 1. The van der Waals surface area contributed by atoms with Crippen molar-refractivity contribution >= 4 is 5.97 Å². The number of nitrogens with zero attached hydrogens (tertiary/aromatic N) is 3. The van der Waals surface area contributed by atoms with Crippen molar-refractivity contribution < 1.29 is 38.0 Å². The number of azide groups is 1. The van der Waals surface area contributed by atoms with Crippen LogP contribution in [0.4, 0.5) is 0 Å². The lowest BCUT2D eigenvalue weighted by Crippen LogP contribution is -2.24. The minimum absolute atomic E-state index is 0.234. The molecule has 0 amide bonds. The van der Waals surface area contributed by atoms with Crippen LogP contribution in [-0.2, 0) is 38.0 Å². The van der Waals surface area contributed by atoms with Crippen LogP contribution in [0, 0.1) is 0 Å². The van der Waals surface area contributed by atoms with E-state index in [-0.39, 0.29) is 12.4 Å². The fourth-order valence-corrected chi connectivity index (χ4v) is 1.90. The van der Waals surface area contributed by atoms with Crippen LogP contribution in [0.3, 0.4) is 0 Å². The van der Waals surface area contributed by atoms with Crippen molar-refractivity contribution in [1.82, 2.24) is 0 Å². The van der Waals surface area contributed by atoms with Gasteiger partial charge in [-0.25, -0.2) is 0 Å². The third-order valence-corrected chi connectivity index (χ3v) is 3.13. The first-order valence-electron chi connectivity index (χ1n) is 10.1. The van der Waals surface area contributed by atoms with E-state index in [1.807, 2.05) is 20.8 Å². The predicted octanol–water partition coefficient (Wildman–Crippen LogP) is 2.13. The minimum atomic E-state index is -0.468. The van der Waals surface area contributed by atoms with Gasteiger partial charge < -0.3 is 33.2 Å². The van der Waals surface area contributed by atoms with Gasteiger partial charge in [-0.15, -0.1) is 0 Å². The van der Waals surface area contributed by atoms with E-state index in [4.69, 9.17) is 38.7 Å². The Hall–Kier alpha value is -1.46. The van der Waals surface area contributed by atoms with Gasteiger partial charge in [0.25, 0.3) is 0 Å². The monoisotopic (exact) mass is 435 g/mol. The number of hydrogen-bond acceptors (Lipinski definition) is 9. The van der Waals surface area contributed by atoms with Crippen LogP contribution in [0.15, 0.2) is 5.11 Å². The SMILES string of the molecule is CC(C)(C)OC(=O)CCOCCOCCOCCOCCOCCOCCN=[N+]=[N-]. The topological polar surface area (TPSA) is 130 Å². The molecule has 0 rings (SSSR count). The molecule has 0 aliphatic heterocycles. The summed E-state index contributed by atoms with van der Waals surface area (Å²) in [7, 11) is 0. The van der Waals surface area contributed by atoms with Gasteiger partial charge in [0, 0.05) is 11.5 Å². The van der Waals surface area contributed by atoms with Crippen molar-refractivity contribution in [2.75, 3.05) is 85.8 Å². The molecule has 0 atom stereocenters. The Kier molecular flexibility index (Phi) is 19.8. The highest BCUT2D eigenvalue weighted by Crippen LogP contribution is 2.07. The number of hydrogen-bond donors (Lipinski definition) is 0. The van der Waals surface area contributed by atoms with Crippen molar-refractivity contribution in [3.8, 4) is 0 Å². The molecule has 0 spiro atoms. The van der Waals surface area contributed by atoms with Gasteiger partial charge in [-0.1, -0.05) is 5.11 Å². The van der Waals surface area contributed by atoms with Crippen LogP contribution < -0.4 is 0 Å². The van der Waals surface area contributed by atoms with Crippen LogP contribution in [-0.4, -0.2) is 97.4 Å². The minimum Gasteiger partial charge on any atom is -0.460 e. The van der Waals surface area contributed by atoms with Crippen molar-refractivity contribution in [2.24, 2.45) is 5.11 Å². The predicted molar refractivity (Wildman–Crippen MR) is 109 cm³/mol. The van der Waals surface area contributed by atoms with E-state index >= 15 is 0 Å². The second-order valence-electron chi connectivity index (χ2n) is 6.97. The molecule has 0 radical (unpaired) electrons. The molecule has 0 unspecified atom stereocenters. The molecule has 0 aliphatic rings. The van der Waals surface area contributed by atoms with Gasteiger partial charge in [-0.3, -0.25) is 4.79 Å². The molecular weight excluding hydrogens is 398 g/mol. The first kappa shape index (κ1) is 28.5. The van der Waals surface area contributed by atoms with E-state index in [1.54, 1.807) is 0 Å². The second kappa shape index (κ2) is 20.8. The molecule has 30 heavy (non-hydrogen) atoms. The third-order valence-electron chi connectivity index (χ3n) is 3.13. The van der Waals surface area contributed by atoms with Crippen LogP contribution in [0.1, 0.15) is 27.2 Å². The van der Waals surface area contributed by atoms with Crippen molar-refractivity contribution in [3.05, 3.63) is 10.4 Å². The molecule has 0 aromatic carbocycles. The lowest BCUT2D eigenvalue weighted by atomic mass is 10.2. The van der Waals surface area contributed by atoms with Gasteiger partial charge in [0.2, 0.25) is 0 Å². The molecule has 0 saturated heterocycles. The van der Waals surface area contributed by atoms with E-state index in [0.29, 0.717) is 85.8 Å². The molecule has 11 heteroatoms. The number of ether oxygens (including phenoxy) is 7. The summed E-state index contributed by atoms with van der Waals surface area (Å²) in [5.74, 6) is -0.265. The molecule has 0 aliphatic carbocycles. The Morgan fingerprint density at radius 1 is 0.700 bits per heavy atom. The normalized spacial score (nSPS) is 11.3. The Balaban J connectivity index is 3.13. The molecular formula is C19H37N3O8. The summed E-state index contributed by atoms with van der Waals surface area (Å²) in [6.45, 7) is 11.2. The van der Waals surface area contributed by atoms with Crippen LogP contribution >= 0.6 is 0 Å². The lowest BCUT2D eigenvalue weighted by Gasteiger charge is -2.19. The van der Waals surface area contributed by atoms with E-state index in [2.05, 4.69) is 10.0 Å². The summed E-state index contributed by atoms with van der Waals surface area (Å²) in [5.41, 5.74) is 7.62. The van der Waals surface area contributed by atoms with Gasteiger partial charge in [0.1, 0.15) is 5.60 Å². The molecule has 0 aromatic rings. The summed E-state index contributed by atoms with van der Waals surface area (Å²) in [6.07, 6.45) is 0.234. The molecule has 176 valence electrons. The molecule has 0 fully saturated rings. The molecule has 0 N–H and O–H groups in total. The second-order valence-corrected chi connectivity index (χ2v) is 6.97. The standard InChI is InChI=1S/C19H37N3O8/c1-19(2,3)30-18(23)4-6-24-8-10-26-12-14-28-16-17-29-15-13-27-11-9-25-7-5-21-22-20/h4-17H2,1-3H3. The van der Waals surface area contributed by atoms with Gasteiger partial charge >= 0.3 is 5.97 Å². The van der Waals surface area contributed by atoms with Crippen molar-refractivity contribution in [2.45, 2.75) is 32.8 Å². The van der Waals surface area contributed by atoms with E-state index < -0.39 is 5.60 Å². The lowest BCUT2D eigenvalue weighted by molar-refractivity contribution is -0.156. The van der Waals surface area contributed by atoms with Crippen molar-refractivity contribution in [3.63, 3.8) is 0 Å². The zero-order valence-electron chi connectivity index (χ0n) is 18.5. The summed E-state index contributed by atoms with van der Waals surface area (Å²) < 4.78 is 37.1. The van der Waals surface area contributed by atoms with Crippen LogP contribution in [0.2, 0.25) is 0 Å². The van der Waals surface area contributed by atoms with Crippen molar-refractivity contribution in [1.29, 1.82) is 0 Å². The summed E-state index contributed by atoms with van der Waals surface area (Å²) in [6, 6.07) is 0. The molecule has 11 nitrogen and oxygen atoms in total. The maximum atomic E-state index is 11.5. The van der Waals surface area contributed by atoms with Gasteiger partial charge in [0.05, 0.1) is 85.7 Å². The highest BCUT2D eigenvalue weighted by Gasteiger charge is 2.15. The Bertz CT molecular complexity index is 454. The van der Waals surface area contributed by atoms with Crippen LogP contribution in [0.25, 0.3) is 10.4 Å². The van der Waals surface area contributed by atoms with E-state index in [1.165, 1.54) is 0 Å². The van der Waals surface area contributed by atoms with E-state index in [0.717, 1.165) is 0 Å². The van der Waals surface area contributed by atoms with E-state index in [9.17, 15) is 4.79 Å². The maximum absolute atomic E-state index is 11.5. The highest BCUT2D eigenvalue weighted by atomic mass is 16.6. The fourth-order valence-electron chi connectivity index (χ4n) is 1.90. The van der Waals surface area contributed by atoms with Crippen LogP contribution in [0.5, 0.6) is 0 Å². The quantitative estimate of drug-likeness (QED) is 0.0881.